The van der Waals surface area contributed by atoms with Gasteiger partial charge in [0.05, 0.1) is 36.2 Å². The lowest BCUT2D eigenvalue weighted by Gasteiger charge is -2.41. The Morgan fingerprint density at radius 3 is 3.04 bits per heavy atom. The molecule has 8 heteroatoms. The van der Waals surface area contributed by atoms with Gasteiger partial charge in [-0.25, -0.2) is 13.5 Å². The predicted octanol–water partition coefficient (Wildman–Crippen LogP) is 1.54. The van der Waals surface area contributed by atoms with Crippen molar-refractivity contribution in [1.82, 2.24) is 19.9 Å². The van der Waals surface area contributed by atoms with E-state index in [2.05, 4.69) is 10.3 Å². The summed E-state index contributed by atoms with van der Waals surface area (Å²) in [4.78, 5) is 14.0. The molecular formula is C15H14F2N4O2. The van der Waals surface area contributed by atoms with Gasteiger partial charge in [0.15, 0.2) is 0 Å². The highest BCUT2D eigenvalue weighted by Gasteiger charge is 2.38. The molecule has 0 N–H and O–H groups in total. The van der Waals surface area contributed by atoms with E-state index in [1.807, 2.05) is 4.68 Å². The molecule has 0 spiro atoms. The lowest BCUT2D eigenvalue weighted by molar-refractivity contribution is -0.0628. The summed E-state index contributed by atoms with van der Waals surface area (Å²) in [6, 6.07) is 3.01. The monoisotopic (exact) mass is 320 g/mol. The number of amides is 1. The Bertz CT molecular complexity index is 764. The van der Waals surface area contributed by atoms with Gasteiger partial charge in [0.25, 0.3) is 5.91 Å². The van der Waals surface area contributed by atoms with Crippen LogP contribution in [0.1, 0.15) is 28.5 Å². The van der Waals surface area contributed by atoms with Crippen molar-refractivity contribution in [3.05, 3.63) is 47.3 Å². The van der Waals surface area contributed by atoms with Gasteiger partial charge in [-0.3, -0.25) is 4.79 Å². The van der Waals surface area contributed by atoms with Crippen LogP contribution in [0.15, 0.2) is 24.4 Å². The summed E-state index contributed by atoms with van der Waals surface area (Å²) >= 11 is 0. The average Bonchev–Trinajstić information content (AvgIpc) is 3.02. The number of piperidine rings is 1. The molecule has 0 bridgehead atoms. The molecule has 0 saturated carbocycles. The van der Waals surface area contributed by atoms with Crippen LogP contribution in [-0.2, 0) is 11.3 Å². The van der Waals surface area contributed by atoms with Crippen LogP contribution in [0.3, 0.4) is 0 Å². The fourth-order valence-corrected chi connectivity index (χ4v) is 3.21. The van der Waals surface area contributed by atoms with Crippen LogP contribution >= 0.6 is 0 Å². The maximum atomic E-state index is 13.8. The molecule has 2 aliphatic heterocycles. The van der Waals surface area contributed by atoms with Crippen molar-refractivity contribution in [3.63, 3.8) is 0 Å². The van der Waals surface area contributed by atoms with Crippen molar-refractivity contribution >= 4 is 5.91 Å². The number of fused-ring (bicyclic) bond motifs is 3. The van der Waals surface area contributed by atoms with E-state index in [9.17, 15) is 13.6 Å². The molecule has 1 amide bonds. The summed E-state index contributed by atoms with van der Waals surface area (Å²) in [5.74, 6) is -2.00. The number of nitrogens with zero attached hydrogens (tertiary/aromatic N) is 4. The zero-order valence-electron chi connectivity index (χ0n) is 12.2. The largest absolute Gasteiger partial charge is 0.368 e. The van der Waals surface area contributed by atoms with E-state index in [1.165, 1.54) is 6.07 Å². The van der Waals surface area contributed by atoms with E-state index in [-0.39, 0.29) is 17.7 Å². The molecule has 1 aromatic heterocycles. The van der Waals surface area contributed by atoms with Gasteiger partial charge in [0, 0.05) is 19.2 Å². The van der Waals surface area contributed by atoms with Gasteiger partial charge in [-0.15, -0.1) is 5.10 Å². The molecular weight excluding hydrogens is 306 g/mol. The second-order valence-corrected chi connectivity index (χ2v) is 5.75. The van der Waals surface area contributed by atoms with E-state index in [0.717, 1.165) is 17.8 Å². The minimum Gasteiger partial charge on any atom is -0.368 e. The zero-order chi connectivity index (χ0) is 16.0. The first-order chi connectivity index (χ1) is 11.1. The molecule has 0 radical (unpaired) electrons. The van der Waals surface area contributed by atoms with Gasteiger partial charge in [-0.2, -0.15) is 0 Å². The Hall–Kier alpha value is -2.35. The van der Waals surface area contributed by atoms with E-state index < -0.39 is 17.5 Å². The molecule has 1 fully saturated rings. The van der Waals surface area contributed by atoms with Crippen molar-refractivity contribution in [2.75, 3.05) is 13.1 Å². The van der Waals surface area contributed by atoms with Crippen LogP contribution in [0.25, 0.3) is 0 Å². The molecule has 4 rings (SSSR count). The summed E-state index contributed by atoms with van der Waals surface area (Å²) in [5.41, 5.74) is 0.790. The minimum atomic E-state index is -0.847. The van der Waals surface area contributed by atoms with Crippen LogP contribution in [-0.4, -0.2) is 45.0 Å². The Labute approximate surface area is 130 Å². The average molecular weight is 320 g/mol. The maximum Gasteiger partial charge on any atom is 0.256 e. The molecule has 3 heterocycles. The number of aromatic nitrogens is 3. The molecule has 2 atom stereocenters. The summed E-state index contributed by atoms with van der Waals surface area (Å²) in [5, 5.41) is 7.96. The van der Waals surface area contributed by atoms with Gasteiger partial charge in [-0.05, 0) is 18.6 Å². The number of halogens is 2. The summed E-state index contributed by atoms with van der Waals surface area (Å²) in [7, 11) is 0. The molecule has 0 aliphatic carbocycles. The molecule has 2 aromatic rings. The first-order valence-electron chi connectivity index (χ1n) is 7.38. The Morgan fingerprint density at radius 2 is 2.22 bits per heavy atom. The molecule has 23 heavy (non-hydrogen) atoms. The van der Waals surface area contributed by atoms with Gasteiger partial charge < -0.3 is 9.64 Å². The molecule has 1 aromatic carbocycles. The second kappa shape index (κ2) is 5.38. The Balaban J connectivity index is 1.54. The van der Waals surface area contributed by atoms with Crippen molar-refractivity contribution in [2.24, 2.45) is 0 Å². The molecule has 0 unspecified atom stereocenters. The number of carbonyl (C=O) groups excluding carboxylic acids is 1. The van der Waals surface area contributed by atoms with Crippen LogP contribution in [0.4, 0.5) is 8.78 Å². The zero-order valence-corrected chi connectivity index (χ0v) is 12.2. The van der Waals surface area contributed by atoms with Crippen molar-refractivity contribution < 1.29 is 18.3 Å². The van der Waals surface area contributed by atoms with Crippen molar-refractivity contribution in [1.29, 1.82) is 0 Å². The van der Waals surface area contributed by atoms with Gasteiger partial charge in [-0.1, -0.05) is 5.21 Å². The standard InChI is InChI=1S/C15H14F2N4O2/c16-9-1-2-11(12(17)5-9)15(22)20-4-3-13-14(7-20)23-8-10-6-18-19-21(10)13/h1-2,5-6,13-14H,3-4,7-8H2/t13-,14-/m0/s1. The van der Waals surface area contributed by atoms with Crippen LogP contribution in [0.2, 0.25) is 0 Å². The van der Waals surface area contributed by atoms with E-state index in [0.29, 0.717) is 26.1 Å². The molecule has 6 nitrogen and oxygen atoms in total. The molecule has 120 valence electrons. The third-order valence-corrected chi connectivity index (χ3v) is 4.38. The van der Waals surface area contributed by atoms with Crippen LogP contribution < -0.4 is 0 Å². The lowest BCUT2D eigenvalue weighted by Crippen LogP contribution is -2.50. The minimum absolute atomic E-state index is 0.0309. The SMILES string of the molecule is O=C(c1ccc(F)cc1F)N1CC[C@H]2[C@H](C1)OCc1cnnn12. The number of hydrogen-bond donors (Lipinski definition) is 0. The Morgan fingerprint density at radius 1 is 1.35 bits per heavy atom. The van der Waals surface area contributed by atoms with Crippen molar-refractivity contribution in [2.45, 2.75) is 25.2 Å². The second-order valence-electron chi connectivity index (χ2n) is 5.75. The molecule has 1 saturated heterocycles. The topological polar surface area (TPSA) is 60.3 Å². The first-order valence-corrected chi connectivity index (χ1v) is 7.38. The fourth-order valence-electron chi connectivity index (χ4n) is 3.21. The van der Waals surface area contributed by atoms with Gasteiger partial charge in [0.1, 0.15) is 11.6 Å². The van der Waals surface area contributed by atoms with Crippen molar-refractivity contribution in [3.8, 4) is 0 Å². The number of ether oxygens (including phenoxy) is 1. The number of rotatable bonds is 1. The Kier molecular flexibility index (Phi) is 3.33. The first kappa shape index (κ1) is 14.3. The van der Waals surface area contributed by atoms with E-state index >= 15 is 0 Å². The molecule has 2 aliphatic rings. The lowest BCUT2D eigenvalue weighted by atomic mass is 9.99. The number of likely N-dealkylation sites (tertiary alicyclic amines) is 1. The summed E-state index contributed by atoms with van der Waals surface area (Å²) in [6.07, 6.45) is 2.11. The van der Waals surface area contributed by atoms with Crippen LogP contribution in [0, 0.1) is 11.6 Å². The van der Waals surface area contributed by atoms with Gasteiger partial charge >= 0.3 is 0 Å². The number of benzene rings is 1. The summed E-state index contributed by atoms with van der Waals surface area (Å²) in [6.45, 7) is 1.19. The van der Waals surface area contributed by atoms with Gasteiger partial charge in [0.2, 0.25) is 0 Å². The third-order valence-electron chi connectivity index (χ3n) is 4.38. The smallest absolute Gasteiger partial charge is 0.256 e. The highest BCUT2D eigenvalue weighted by molar-refractivity contribution is 5.94. The number of hydrogen-bond acceptors (Lipinski definition) is 4. The normalized spacial score (nSPS) is 23.3. The van der Waals surface area contributed by atoms with E-state index in [4.69, 9.17) is 4.74 Å². The van der Waals surface area contributed by atoms with E-state index in [1.54, 1.807) is 11.1 Å². The third kappa shape index (κ3) is 2.39. The fraction of sp³-hybridized carbons (Fsp3) is 0.400. The number of carbonyl (C=O) groups is 1. The highest BCUT2D eigenvalue weighted by Crippen LogP contribution is 2.31. The quantitative estimate of drug-likeness (QED) is 0.800. The highest BCUT2D eigenvalue weighted by atomic mass is 19.1. The maximum absolute atomic E-state index is 13.8. The van der Waals surface area contributed by atoms with Crippen LogP contribution in [0.5, 0.6) is 0 Å². The summed E-state index contributed by atoms with van der Waals surface area (Å²) < 4.78 is 34.4. The predicted molar refractivity (Wildman–Crippen MR) is 74.5 cm³/mol.